The van der Waals surface area contributed by atoms with E-state index in [0.717, 1.165) is 4.47 Å². The molecule has 1 aromatic heterocycles. The Morgan fingerprint density at radius 1 is 1.28 bits per heavy atom. The van der Waals surface area contributed by atoms with Crippen LogP contribution >= 0.6 is 15.9 Å². The van der Waals surface area contributed by atoms with Crippen LogP contribution in [0.1, 0.15) is 5.56 Å². The summed E-state index contributed by atoms with van der Waals surface area (Å²) in [5, 5.41) is 0. The molecule has 0 aliphatic heterocycles. The van der Waals surface area contributed by atoms with Gasteiger partial charge in [0, 0.05) is 10.7 Å². The zero-order chi connectivity index (χ0) is 13.2. The summed E-state index contributed by atoms with van der Waals surface area (Å²) in [6.07, 6.45) is 3.05. The van der Waals surface area contributed by atoms with Gasteiger partial charge in [0.25, 0.3) is 10.0 Å². The lowest BCUT2D eigenvalue weighted by molar-refractivity contribution is 0.600. The molecule has 1 heterocycles. The Labute approximate surface area is 114 Å². The molecule has 0 radical (unpaired) electrons. The van der Waals surface area contributed by atoms with Gasteiger partial charge in [-0.2, -0.15) is 0 Å². The third-order valence-corrected chi connectivity index (χ3v) is 4.38. The van der Waals surface area contributed by atoms with Crippen LogP contribution in [0.25, 0.3) is 0 Å². The highest BCUT2D eigenvalue weighted by atomic mass is 79.9. The van der Waals surface area contributed by atoms with Gasteiger partial charge in [-0.25, -0.2) is 8.42 Å². The third-order valence-electron chi connectivity index (χ3n) is 2.34. The summed E-state index contributed by atoms with van der Waals surface area (Å²) < 4.78 is 27.7. The van der Waals surface area contributed by atoms with E-state index in [1.807, 2.05) is 0 Å². The van der Waals surface area contributed by atoms with Crippen LogP contribution in [0.4, 0.5) is 5.69 Å². The van der Waals surface area contributed by atoms with Crippen molar-refractivity contribution in [1.82, 2.24) is 4.98 Å². The molecule has 1 N–H and O–H groups in total. The topological polar surface area (TPSA) is 59.1 Å². The van der Waals surface area contributed by atoms with Gasteiger partial charge in [-0.05, 0) is 42.8 Å². The molecule has 2 aromatic rings. The Kier molecular flexibility index (Phi) is 3.68. The van der Waals surface area contributed by atoms with Crippen molar-refractivity contribution in [3.8, 4) is 0 Å². The number of halogens is 1. The molecule has 0 bridgehead atoms. The molecule has 0 fully saturated rings. The minimum absolute atomic E-state index is 0.259. The van der Waals surface area contributed by atoms with Crippen molar-refractivity contribution in [2.24, 2.45) is 0 Å². The minimum atomic E-state index is -3.57. The minimum Gasteiger partial charge on any atom is -0.278 e. The molecule has 2 rings (SSSR count). The molecule has 0 unspecified atom stereocenters. The number of hydrogen-bond donors (Lipinski definition) is 1. The fourth-order valence-electron chi connectivity index (χ4n) is 1.55. The van der Waals surface area contributed by atoms with E-state index >= 15 is 0 Å². The number of pyridine rings is 1. The number of nitrogens with one attached hydrogen (secondary N) is 1. The van der Waals surface area contributed by atoms with Gasteiger partial charge in [-0.15, -0.1) is 0 Å². The maximum Gasteiger partial charge on any atom is 0.262 e. The molecule has 18 heavy (non-hydrogen) atoms. The average molecular weight is 327 g/mol. The van der Waals surface area contributed by atoms with Crippen LogP contribution < -0.4 is 4.72 Å². The van der Waals surface area contributed by atoms with Crippen molar-refractivity contribution in [2.45, 2.75) is 11.8 Å². The van der Waals surface area contributed by atoms with Gasteiger partial charge in [0.05, 0.1) is 16.8 Å². The van der Waals surface area contributed by atoms with Crippen LogP contribution in [0.15, 0.2) is 52.1 Å². The molecule has 0 spiro atoms. The van der Waals surface area contributed by atoms with E-state index in [2.05, 4.69) is 25.6 Å². The molecule has 1 aromatic carbocycles. The van der Waals surface area contributed by atoms with Gasteiger partial charge in [0.1, 0.15) is 0 Å². The number of aromatic nitrogens is 1. The summed E-state index contributed by atoms with van der Waals surface area (Å²) in [5.74, 6) is 0. The molecule has 4 nitrogen and oxygen atoms in total. The Morgan fingerprint density at radius 2 is 2.06 bits per heavy atom. The number of benzene rings is 1. The first-order chi connectivity index (χ1) is 8.49. The lowest BCUT2D eigenvalue weighted by Crippen LogP contribution is -2.14. The van der Waals surface area contributed by atoms with E-state index in [1.54, 1.807) is 43.5 Å². The molecule has 0 amide bonds. The van der Waals surface area contributed by atoms with E-state index < -0.39 is 10.0 Å². The second kappa shape index (κ2) is 5.07. The van der Waals surface area contributed by atoms with Crippen molar-refractivity contribution in [2.75, 3.05) is 4.72 Å². The predicted molar refractivity (Wildman–Crippen MR) is 73.9 cm³/mol. The van der Waals surface area contributed by atoms with Crippen molar-refractivity contribution < 1.29 is 8.42 Å². The average Bonchev–Trinajstić information content (AvgIpc) is 2.29. The first-order valence-electron chi connectivity index (χ1n) is 5.18. The Morgan fingerprint density at radius 3 is 2.67 bits per heavy atom. The highest BCUT2D eigenvalue weighted by Gasteiger charge is 2.16. The van der Waals surface area contributed by atoms with Crippen LogP contribution in [0.5, 0.6) is 0 Å². The summed E-state index contributed by atoms with van der Waals surface area (Å²) in [7, 11) is -3.57. The third kappa shape index (κ3) is 2.88. The lowest BCUT2D eigenvalue weighted by atomic mass is 10.2. The molecule has 0 saturated carbocycles. The number of hydrogen-bond acceptors (Lipinski definition) is 3. The molecule has 0 saturated heterocycles. The standard InChI is InChI=1S/C12H11BrN2O2S/c1-9-7-10(13)4-5-12(9)18(16,17)15-11-3-2-6-14-8-11/h2-8,15H,1H3. The number of nitrogens with zero attached hydrogens (tertiary/aromatic N) is 1. The molecular formula is C12H11BrN2O2S. The van der Waals surface area contributed by atoms with Crippen LogP contribution in [-0.4, -0.2) is 13.4 Å². The highest BCUT2D eigenvalue weighted by Crippen LogP contribution is 2.22. The van der Waals surface area contributed by atoms with Crippen molar-refractivity contribution >= 4 is 31.6 Å². The number of sulfonamides is 1. The van der Waals surface area contributed by atoms with Crippen LogP contribution in [0.3, 0.4) is 0 Å². The van der Waals surface area contributed by atoms with E-state index in [4.69, 9.17) is 0 Å². The van der Waals surface area contributed by atoms with Crippen molar-refractivity contribution in [3.05, 3.63) is 52.8 Å². The summed E-state index contributed by atoms with van der Waals surface area (Å²) >= 11 is 3.30. The Hall–Kier alpha value is -1.40. The summed E-state index contributed by atoms with van der Waals surface area (Å²) in [6.45, 7) is 1.75. The smallest absolute Gasteiger partial charge is 0.262 e. The quantitative estimate of drug-likeness (QED) is 0.943. The van der Waals surface area contributed by atoms with E-state index in [-0.39, 0.29) is 4.90 Å². The van der Waals surface area contributed by atoms with E-state index in [1.165, 1.54) is 6.20 Å². The predicted octanol–water partition coefficient (Wildman–Crippen LogP) is 2.95. The van der Waals surface area contributed by atoms with Gasteiger partial charge in [-0.3, -0.25) is 9.71 Å². The van der Waals surface area contributed by atoms with Crippen LogP contribution in [-0.2, 0) is 10.0 Å². The number of aryl methyl sites for hydroxylation is 1. The lowest BCUT2D eigenvalue weighted by Gasteiger charge is -2.10. The molecule has 0 aliphatic carbocycles. The van der Waals surface area contributed by atoms with E-state index in [0.29, 0.717) is 11.3 Å². The monoisotopic (exact) mass is 326 g/mol. The van der Waals surface area contributed by atoms with Crippen LogP contribution in [0.2, 0.25) is 0 Å². The van der Waals surface area contributed by atoms with Gasteiger partial charge in [0.2, 0.25) is 0 Å². The van der Waals surface area contributed by atoms with Gasteiger partial charge < -0.3 is 0 Å². The Balaban J connectivity index is 2.37. The fourth-order valence-corrected chi connectivity index (χ4v) is 3.29. The van der Waals surface area contributed by atoms with Crippen LogP contribution in [0, 0.1) is 6.92 Å². The molecule has 0 aliphatic rings. The Bertz CT molecular complexity index is 657. The summed E-state index contributed by atoms with van der Waals surface area (Å²) in [5.41, 5.74) is 1.13. The summed E-state index contributed by atoms with van der Waals surface area (Å²) in [6, 6.07) is 8.35. The maximum absolute atomic E-state index is 12.2. The molecule has 0 atom stereocenters. The zero-order valence-corrected chi connectivity index (χ0v) is 12.0. The van der Waals surface area contributed by atoms with Gasteiger partial charge in [0.15, 0.2) is 0 Å². The largest absolute Gasteiger partial charge is 0.278 e. The second-order valence-electron chi connectivity index (χ2n) is 3.76. The van der Waals surface area contributed by atoms with Gasteiger partial charge in [-0.1, -0.05) is 15.9 Å². The zero-order valence-electron chi connectivity index (χ0n) is 9.59. The molecular weight excluding hydrogens is 316 g/mol. The van der Waals surface area contributed by atoms with Gasteiger partial charge >= 0.3 is 0 Å². The number of anilines is 1. The SMILES string of the molecule is Cc1cc(Br)ccc1S(=O)(=O)Nc1cccnc1. The normalized spacial score (nSPS) is 11.2. The van der Waals surface area contributed by atoms with Crippen molar-refractivity contribution in [1.29, 1.82) is 0 Å². The first-order valence-corrected chi connectivity index (χ1v) is 7.46. The van der Waals surface area contributed by atoms with E-state index in [9.17, 15) is 8.42 Å². The first kappa shape index (κ1) is 13.0. The maximum atomic E-state index is 12.2. The van der Waals surface area contributed by atoms with Crippen molar-refractivity contribution in [3.63, 3.8) is 0 Å². The highest BCUT2D eigenvalue weighted by molar-refractivity contribution is 9.10. The molecule has 94 valence electrons. The fraction of sp³-hybridized carbons (Fsp3) is 0.0833. The second-order valence-corrected chi connectivity index (χ2v) is 6.32. The molecule has 6 heteroatoms. The number of rotatable bonds is 3. The summed E-state index contributed by atoms with van der Waals surface area (Å²) in [4.78, 5) is 4.12.